The van der Waals surface area contributed by atoms with Crippen LogP contribution >= 0.6 is 11.3 Å². The Morgan fingerprint density at radius 1 is 0.224 bits per heavy atom. The fourth-order valence-corrected chi connectivity index (χ4v) is 9.14. The summed E-state index contributed by atoms with van der Waals surface area (Å²) in [5, 5.41) is 10.5. The number of hydrogen-bond donors (Lipinski definition) is 0. The van der Waals surface area contributed by atoms with E-state index in [0.29, 0.717) is 0 Å². The fourth-order valence-electron chi connectivity index (χ4n) is 7.78. The quantitative estimate of drug-likeness (QED) is 0.168. The number of rotatable bonds is 4. The normalized spacial score (nSPS) is 11.7. The van der Waals surface area contributed by atoms with Crippen LogP contribution in [0.3, 0.4) is 0 Å². The monoisotopic (exact) mass is 638 g/mol. The van der Waals surface area contributed by atoms with E-state index in [-0.39, 0.29) is 0 Å². The van der Waals surface area contributed by atoms with E-state index in [9.17, 15) is 0 Å². The van der Waals surface area contributed by atoms with Crippen molar-refractivity contribution in [3.8, 4) is 44.5 Å². The van der Waals surface area contributed by atoms with Gasteiger partial charge >= 0.3 is 0 Å². The van der Waals surface area contributed by atoms with Crippen molar-refractivity contribution in [1.29, 1.82) is 0 Å². The summed E-state index contributed by atoms with van der Waals surface area (Å²) in [6.07, 6.45) is 0. The van der Waals surface area contributed by atoms with Crippen molar-refractivity contribution >= 4 is 63.8 Å². The lowest BCUT2D eigenvalue weighted by Crippen LogP contribution is -1.86. The van der Waals surface area contributed by atoms with Crippen LogP contribution in [0, 0.1) is 0 Å². The molecule has 0 saturated heterocycles. The molecule has 0 fully saturated rings. The Morgan fingerprint density at radius 3 is 1.33 bits per heavy atom. The largest absolute Gasteiger partial charge is 0.134 e. The summed E-state index contributed by atoms with van der Waals surface area (Å²) in [6.45, 7) is 0. The van der Waals surface area contributed by atoms with Gasteiger partial charge in [0.15, 0.2) is 0 Å². The zero-order valence-electron chi connectivity index (χ0n) is 26.7. The zero-order chi connectivity index (χ0) is 32.3. The van der Waals surface area contributed by atoms with E-state index in [0.717, 1.165) is 0 Å². The first kappa shape index (κ1) is 28.0. The average Bonchev–Trinajstić information content (AvgIpc) is 3.58. The lowest BCUT2D eigenvalue weighted by molar-refractivity contribution is 1.58. The van der Waals surface area contributed by atoms with Crippen LogP contribution in [0.25, 0.3) is 97.0 Å². The highest BCUT2D eigenvalue weighted by atomic mass is 32.1. The smallest absolute Gasteiger partial charge is 0.0434 e. The topological polar surface area (TPSA) is 0 Å². The maximum absolute atomic E-state index is 2.42. The summed E-state index contributed by atoms with van der Waals surface area (Å²) in [6, 6.07) is 66.8. The van der Waals surface area contributed by atoms with Crippen molar-refractivity contribution in [2.45, 2.75) is 0 Å². The van der Waals surface area contributed by atoms with Gasteiger partial charge in [-0.2, -0.15) is 0 Å². The first-order valence-electron chi connectivity index (χ1n) is 16.8. The van der Waals surface area contributed by atoms with Gasteiger partial charge in [-0.3, -0.25) is 0 Å². The minimum atomic E-state index is 1.23. The molecule has 10 aromatic rings. The molecule has 0 saturated carbocycles. The van der Waals surface area contributed by atoms with E-state index in [2.05, 4.69) is 182 Å². The second-order valence-electron chi connectivity index (χ2n) is 12.8. The van der Waals surface area contributed by atoms with Crippen molar-refractivity contribution in [2.75, 3.05) is 0 Å². The van der Waals surface area contributed by atoms with E-state index in [1.807, 2.05) is 11.3 Å². The van der Waals surface area contributed by atoms with Crippen LogP contribution in [0.15, 0.2) is 182 Å². The number of thiophene rings is 1. The van der Waals surface area contributed by atoms with Crippen LogP contribution in [-0.2, 0) is 0 Å². The molecular weight excluding hydrogens is 609 g/mol. The molecule has 1 heteroatoms. The first-order valence-corrected chi connectivity index (χ1v) is 17.7. The Balaban J connectivity index is 1.14. The molecule has 1 heterocycles. The summed E-state index contributed by atoms with van der Waals surface area (Å²) in [5.41, 5.74) is 10.0. The molecule has 0 aliphatic carbocycles. The van der Waals surface area contributed by atoms with Gasteiger partial charge in [-0.1, -0.05) is 176 Å². The van der Waals surface area contributed by atoms with Crippen molar-refractivity contribution < 1.29 is 0 Å². The third-order valence-electron chi connectivity index (χ3n) is 10.1. The molecule has 0 N–H and O–H groups in total. The minimum absolute atomic E-state index is 1.23. The average molecular weight is 639 g/mol. The molecule has 9 aromatic carbocycles. The summed E-state index contributed by atoms with van der Waals surface area (Å²) in [7, 11) is 0. The summed E-state index contributed by atoms with van der Waals surface area (Å²) in [4.78, 5) is 0. The molecule has 0 spiro atoms. The second kappa shape index (κ2) is 11.3. The van der Waals surface area contributed by atoms with Crippen molar-refractivity contribution in [1.82, 2.24) is 0 Å². The van der Waals surface area contributed by atoms with Crippen LogP contribution in [0.5, 0.6) is 0 Å². The first-order chi connectivity index (χ1) is 24.3. The van der Waals surface area contributed by atoms with Gasteiger partial charge in [-0.15, -0.1) is 11.3 Å². The maximum atomic E-state index is 2.42. The summed E-state index contributed by atoms with van der Waals surface area (Å²) in [5.74, 6) is 0. The Morgan fingerprint density at radius 2 is 0.653 bits per heavy atom. The molecule has 0 bridgehead atoms. The zero-order valence-corrected chi connectivity index (χ0v) is 27.5. The Labute approximate surface area is 289 Å². The van der Waals surface area contributed by atoms with E-state index < -0.39 is 0 Å². The molecule has 10 rings (SSSR count). The molecule has 1 aromatic heterocycles. The summed E-state index contributed by atoms with van der Waals surface area (Å²) < 4.78 is 2.66. The molecule has 0 unspecified atom stereocenters. The van der Waals surface area contributed by atoms with Gasteiger partial charge in [-0.05, 0) is 77.3 Å². The van der Waals surface area contributed by atoms with E-state index in [1.54, 1.807) is 0 Å². The lowest BCUT2D eigenvalue weighted by atomic mass is 9.91. The van der Waals surface area contributed by atoms with Gasteiger partial charge in [0.1, 0.15) is 0 Å². The van der Waals surface area contributed by atoms with Gasteiger partial charge in [-0.25, -0.2) is 0 Å². The molecule has 0 nitrogen and oxygen atoms in total. The standard InChI is InChI=1S/C48H30S/c1-2-12-31(13-3-1)32-24-26-33(27-25-32)35-14-4-5-15-37(35)43-21-11-23-45-44-22-10-20-36(47(44)49-48(43)45)34-28-29-42-40-18-7-6-16-38(40)39-17-8-9-19-41(39)46(42)30-34/h1-30H. The molecule has 0 aliphatic rings. The number of fused-ring (bicyclic) bond motifs is 9. The van der Waals surface area contributed by atoms with Crippen molar-refractivity contribution in [3.05, 3.63) is 182 Å². The van der Waals surface area contributed by atoms with Gasteiger partial charge in [0.25, 0.3) is 0 Å². The Hall–Kier alpha value is -6.02. The molecule has 228 valence electrons. The van der Waals surface area contributed by atoms with E-state index in [1.165, 1.54) is 97.0 Å². The van der Waals surface area contributed by atoms with E-state index in [4.69, 9.17) is 0 Å². The SMILES string of the molecule is c1ccc(-c2ccc(-c3ccccc3-c3cccc4c3sc3c(-c5ccc6c7ccccc7c7ccccc7c6c5)cccc34)cc2)cc1. The summed E-state index contributed by atoms with van der Waals surface area (Å²) >= 11 is 1.92. The predicted molar refractivity (Wildman–Crippen MR) is 214 cm³/mol. The fraction of sp³-hybridized carbons (Fsp3) is 0. The van der Waals surface area contributed by atoms with E-state index >= 15 is 0 Å². The Kier molecular flexibility index (Phi) is 6.47. The van der Waals surface area contributed by atoms with Crippen LogP contribution < -0.4 is 0 Å². The molecule has 0 aliphatic heterocycles. The molecule has 0 radical (unpaired) electrons. The van der Waals surface area contributed by atoms with Crippen LogP contribution in [0.1, 0.15) is 0 Å². The molecule has 49 heavy (non-hydrogen) atoms. The van der Waals surface area contributed by atoms with Gasteiger partial charge in [0.05, 0.1) is 0 Å². The molecule has 0 amide bonds. The Bertz CT molecular complexity index is 2820. The molecular formula is C48H30S. The predicted octanol–water partition coefficient (Wildman–Crippen LogP) is 14.2. The third kappa shape index (κ3) is 4.51. The second-order valence-corrected chi connectivity index (χ2v) is 13.8. The highest BCUT2D eigenvalue weighted by molar-refractivity contribution is 7.26. The maximum Gasteiger partial charge on any atom is 0.0434 e. The van der Waals surface area contributed by atoms with Crippen LogP contribution in [-0.4, -0.2) is 0 Å². The number of hydrogen-bond acceptors (Lipinski definition) is 1. The molecule has 0 atom stereocenters. The highest BCUT2D eigenvalue weighted by Crippen LogP contribution is 2.46. The number of benzene rings is 9. The third-order valence-corrected chi connectivity index (χ3v) is 11.4. The highest BCUT2D eigenvalue weighted by Gasteiger charge is 2.17. The van der Waals surface area contributed by atoms with Gasteiger partial charge in [0, 0.05) is 25.7 Å². The van der Waals surface area contributed by atoms with Crippen molar-refractivity contribution in [2.24, 2.45) is 0 Å². The van der Waals surface area contributed by atoms with Crippen LogP contribution in [0.4, 0.5) is 0 Å². The minimum Gasteiger partial charge on any atom is -0.134 e. The van der Waals surface area contributed by atoms with Crippen LogP contribution in [0.2, 0.25) is 0 Å². The van der Waals surface area contributed by atoms with Gasteiger partial charge < -0.3 is 0 Å². The van der Waals surface area contributed by atoms with Gasteiger partial charge in [0.2, 0.25) is 0 Å². The lowest BCUT2D eigenvalue weighted by Gasteiger charge is -2.12. The van der Waals surface area contributed by atoms with Crippen molar-refractivity contribution in [3.63, 3.8) is 0 Å².